The highest BCUT2D eigenvalue weighted by Crippen LogP contribution is 2.27. The van der Waals surface area contributed by atoms with Gasteiger partial charge in [0.1, 0.15) is 0 Å². The summed E-state index contributed by atoms with van der Waals surface area (Å²) in [6, 6.07) is 0.698. The lowest BCUT2D eigenvalue weighted by molar-refractivity contribution is 0.0798. The van der Waals surface area contributed by atoms with Crippen LogP contribution in [0.25, 0.3) is 0 Å². The highest BCUT2D eigenvalue weighted by atomic mass is 16.3. The van der Waals surface area contributed by atoms with Gasteiger partial charge in [0.05, 0.1) is 6.10 Å². The highest BCUT2D eigenvalue weighted by molar-refractivity contribution is 4.79. The Labute approximate surface area is 81.9 Å². The largest absolute Gasteiger partial charge is 0.392 e. The van der Waals surface area contributed by atoms with Gasteiger partial charge in [0, 0.05) is 12.6 Å². The maximum absolute atomic E-state index is 9.30. The first-order chi connectivity index (χ1) is 6.11. The fourth-order valence-corrected chi connectivity index (χ4v) is 2.50. The van der Waals surface area contributed by atoms with Gasteiger partial charge in [-0.05, 0) is 32.7 Å². The van der Waals surface area contributed by atoms with Crippen LogP contribution in [0.2, 0.25) is 0 Å². The monoisotopic (exact) mass is 185 g/mol. The third-order valence-electron chi connectivity index (χ3n) is 3.18. The van der Waals surface area contributed by atoms with Gasteiger partial charge < -0.3 is 10.0 Å². The Balaban J connectivity index is 2.39. The summed E-state index contributed by atoms with van der Waals surface area (Å²) in [7, 11) is 2.14. The number of nitrogens with zero attached hydrogens (tertiary/aromatic N) is 1. The lowest BCUT2D eigenvalue weighted by Gasteiger charge is -2.36. The van der Waals surface area contributed by atoms with E-state index in [-0.39, 0.29) is 6.10 Å². The molecule has 0 saturated heterocycles. The van der Waals surface area contributed by atoms with Crippen LogP contribution in [0, 0.1) is 5.92 Å². The number of hydrogen-bond donors (Lipinski definition) is 1. The molecule has 78 valence electrons. The summed E-state index contributed by atoms with van der Waals surface area (Å²) in [5, 5.41) is 9.30. The third-order valence-corrected chi connectivity index (χ3v) is 3.18. The zero-order valence-corrected chi connectivity index (χ0v) is 9.16. The number of rotatable bonds is 3. The van der Waals surface area contributed by atoms with Crippen LogP contribution in [0.3, 0.4) is 0 Å². The van der Waals surface area contributed by atoms with E-state index in [9.17, 15) is 5.11 Å². The number of aliphatic hydroxyl groups is 1. The van der Waals surface area contributed by atoms with Gasteiger partial charge in [-0.25, -0.2) is 0 Å². The maximum Gasteiger partial charge on any atom is 0.0639 e. The summed E-state index contributed by atoms with van der Waals surface area (Å²) in [4.78, 5) is 2.33. The Kier molecular flexibility index (Phi) is 4.20. The first-order valence-electron chi connectivity index (χ1n) is 5.49. The molecule has 1 N–H and O–H groups in total. The summed E-state index contributed by atoms with van der Waals surface area (Å²) in [6.45, 7) is 5.02. The predicted octanol–water partition coefficient (Wildman–Crippen LogP) is 1.88. The van der Waals surface area contributed by atoms with Crippen molar-refractivity contribution in [3.63, 3.8) is 0 Å². The van der Waals surface area contributed by atoms with Crippen molar-refractivity contribution in [3.8, 4) is 0 Å². The SMILES string of the molecule is CC1CCCCC1N(C)C[C@H](C)O. The molecule has 0 aromatic heterocycles. The van der Waals surface area contributed by atoms with Gasteiger partial charge in [-0.3, -0.25) is 0 Å². The summed E-state index contributed by atoms with van der Waals surface area (Å²) >= 11 is 0. The maximum atomic E-state index is 9.30. The molecule has 1 rings (SSSR count). The predicted molar refractivity (Wildman–Crippen MR) is 55.7 cm³/mol. The summed E-state index contributed by atoms with van der Waals surface area (Å²) in [6.07, 6.45) is 5.22. The second-order valence-corrected chi connectivity index (χ2v) is 4.62. The smallest absolute Gasteiger partial charge is 0.0639 e. The van der Waals surface area contributed by atoms with Gasteiger partial charge in [-0.15, -0.1) is 0 Å². The molecule has 0 bridgehead atoms. The van der Waals surface area contributed by atoms with E-state index >= 15 is 0 Å². The first-order valence-corrected chi connectivity index (χ1v) is 5.49. The molecule has 0 amide bonds. The number of aliphatic hydroxyl groups excluding tert-OH is 1. The summed E-state index contributed by atoms with van der Waals surface area (Å²) < 4.78 is 0. The Morgan fingerprint density at radius 1 is 1.38 bits per heavy atom. The van der Waals surface area contributed by atoms with Crippen LogP contribution >= 0.6 is 0 Å². The van der Waals surface area contributed by atoms with E-state index in [0.29, 0.717) is 6.04 Å². The van der Waals surface area contributed by atoms with Crippen LogP contribution < -0.4 is 0 Å². The number of hydrogen-bond acceptors (Lipinski definition) is 2. The standard InChI is InChI=1S/C11H23NO/c1-9-6-4-5-7-11(9)12(3)8-10(2)13/h9-11,13H,4-8H2,1-3H3/t9?,10-,11?/m0/s1. The van der Waals surface area contributed by atoms with E-state index in [0.717, 1.165) is 12.5 Å². The van der Waals surface area contributed by atoms with Crippen LogP contribution in [-0.2, 0) is 0 Å². The van der Waals surface area contributed by atoms with Crippen molar-refractivity contribution in [2.45, 2.75) is 51.7 Å². The molecule has 3 atom stereocenters. The molecule has 0 radical (unpaired) electrons. The average molecular weight is 185 g/mol. The molecule has 1 aliphatic rings. The van der Waals surface area contributed by atoms with Gasteiger partial charge in [-0.1, -0.05) is 19.8 Å². The lowest BCUT2D eigenvalue weighted by atomic mass is 9.85. The van der Waals surface area contributed by atoms with Crippen LogP contribution in [0.15, 0.2) is 0 Å². The molecule has 1 saturated carbocycles. The minimum absolute atomic E-state index is 0.195. The molecular weight excluding hydrogens is 162 g/mol. The van der Waals surface area contributed by atoms with Crippen molar-refractivity contribution in [2.75, 3.05) is 13.6 Å². The lowest BCUT2D eigenvalue weighted by Crippen LogP contribution is -2.42. The van der Waals surface area contributed by atoms with Crippen LogP contribution in [0.5, 0.6) is 0 Å². The van der Waals surface area contributed by atoms with E-state index in [4.69, 9.17) is 0 Å². The van der Waals surface area contributed by atoms with Crippen molar-refractivity contribution < 1.29 is 5.11 Å². The normalized spacial score (nSPS) is 32.1. The van der Waals surface area contributed by atoms with E-state index in [1.165, 1.54) is 25.7 Å². The summed E-state index contributed by atoms with van der Waals surface area (Å²) in [5.41, 5.74) is 0. The molecule has 0 aromatic rings. The summed E-state index contributed by atoms with van der Waals surface area (Å²) in [5.74, 6) is 0.803. The van der Waals surface area contributed by atoms with Gasteiger partial charge >= 0.3 is 0 Å². The molecule has 2 nitrogen and oxygen atoms in total. The Hall–Kier alpha value is -0.0800. The fourth-order valence-electron chi connectivity index (χ4n) is 2.50. The van der Waals surface area contributed by atoms with E-state index in [1.54, 1.807) is 0 Å². The van der Waals surface area contributed by atoms with Crippen molar-refractivity contribution >= 4 is 0 Å². The van der Waals surface area contributed by atoms with Gasteiger partial charge in [-0.2, -0.15) is 0 Å². The molecule has 13 heavy (non-hydrogen) atoms. The average Bonchev–Trinajstić information content (AvgIpc) is 2.03. The van der Waals surface area contributed by atoms with Gasteiger partial charge in [0.15, 0.2) is 0 Å². The quantitative estimate of drug-likeness (QED) is 0.725. The van der Waals surface area contributed by atoms with Gasteiger partial charge in [0.25, 0.3) is 0 Å². The van der Waals surface area contributed by atoms with E-state index in [2.05, 4.69) is 18.9 Å². The fraction of sp³-hybridized carbons (Fsp3) is 1.00. The zero-order valence-electron chi connectivity index (χ0n) is 9.16. The van der Waals surface area contributed by atoms with Crippen molar-refractivity contribution in [1.82, 2.24) is 4.90 Å². The minimum Gasteiger partial charge on any atom is -0.392 e. The van der Waals surface area contributed by atoms with Gasteiger partial charge in [0.2, 0.25) is 0 Å². The molecule has 2 heteroatoms. The first kappa shape index (κ1) is 11.0. The van der Waals surface area contributed by atoms with Crippen molar-refractivity contribution in [1.29, 1.82) is 0 Å². The Bertz CT molecular complexity index is 147. The van der Waals surface area contributed by atoms with Crippen molar-refractivity contribution in [2.24, 2.45) is 5.92 Å². The Morgan fingerprint density at radius 3 is 2.54 bits per heavy atom. The topological polar surface area (TPSA) is 23.5 Å². The second-order valence-electron chi connectivity index (χ2n) is 4.62. The molecule has 2 unspecified atom stereocenters. The highest BCUT2D eigenvalue weighted by Gasteiger charge is 2.25. The Morgan fingerprint density at radius 2 is 2.00 bits per heavy atom. The second kappa shape index (κ2) is 4.97. The third kappa shape index (κ3) is 3.28. The van der Waals surface area contributed by atoms with Crippen LogP contribution in [0.4, 0.5) is 0 Å². The molecule has 0 heterocycles. The van der Waals surface area contributed by atoms with Crippen LogP contribution in [0.1, 0.15) is 39.5 Å². The molecule has 0 spiro atoms. The van der Waals surface area contributed by atoms with E-state index < -0.39 is 0 Å². The molecule has 0 aliphatic heterocycles. The number of likely N-dealkylation sites (N-methyl/N-ethyl adjacent to an activating group) is 1. The van der Waals surface area contributed by atoms with E-state index in [1.807, 2.05) is 6.92 Å². The molecule has 0 aromatic carbocycles. The minimum atomic E-state index is -0.195. The molecular formula is C11H23NO. The molecule has 1 aliphatic carbocycles. The van der Waals surface area contributed by atoms with Crippen molar-refractivity contribution in [3.05, 3.63) is 0 Å². The molecule has 1 fully saturated rings. The van der Waals surface area contributed by atoms with Crippen LogP contribution in [-0.4, -0.2) is 35.7 Å². The zero-order chi connectivity index (χ0) is 9.84.